The van der Waals surface area contributed by atoms with Gasteiger partial charge in [-0.25, -0.2) is 4.98 Å². The van der Waals surface area contributed by atoms with E-state index in [1.165, 1.54) is 69.4 Å². The standard InChI is InChI=1S/C41H25NS/c1-2-8-29-23-31(18-15-26(29)7-1)34-22-21-32-24-30(19-20-33(32)25-34)27-13-16-28(17-14-27)40-41-39(35-9-3-5-11-37(35)42-40)36-10-4-6-12-38(36)43-41/h1-25H. The van der Waals surface area contributed by atoms with Gasteiger partial charge >= 0.3 is 0 Å². The summed E-state index contributed by atoms with van der Waals surface area (Å²) in [6, 6.07) is 54.9. The highest BCUT2D eigenvalue weighted by atomic mass is 32.1. The number of thiophene rings is 1. The van der Waals surface area contributed by atoms with Crippen LogP contribution in [-0.2, 0) is 0 Å². The Morgan fingerprint density at radius 2 is 0.907 bits per heavy atom. The van der Waals surface area contributed by atoms with Gasteiger partial charge in [-0.05, 0) is 74.1 Å². The number of fused-ring (bicyclic) bond motifs is 7. The third-order valence-electron chi connectivity index (χ3n) is 8.63. The summed E-state index contributed by atoms with van der Waals surface area (Å²) in [5.74, 6) is 0. The molecule has 0 unspecified atom stereocenters. The highest BCUT2D eigenvalue weighted by Crippen LogP contribution is 2.43. The van der Waals surface area contributed by atoms with Crippen molar-refractivity contribution in [2.45, 2.75) is 0 Å². The molecule has 2 aromatic heterocycles. The van der Waals surface area contributed by atoms with Gasteiger partial charge in [-0.3, -0.25) is 0 Å². The van der Waals surface area contributed by atoms with Gasteiger partial charge in [0.15, 0.2) is 0 Å². The summed E-state index contributed by atoms with van der Waals surface area (Å²) in [4.78, 5) is 5.17. The third-order valence-corrected chi connectivity index (χ3v) is 9.81. The van der Waals surface area contributed by atoms with E-state index in [9.17, 15) is 0 Å². The Morgan fingerprint density at radius 3 is 1.65 bits per heavy atom. The third kappa shape index (κ3) is 4.03. The normalized spacial score (nSPS) is 11.7. The van der Waals surface area contributed by atoms with Crippen LogP contribution in [0.25, 0.3) is 86.1 Å². The number of hydrogen-bond donors (Lipinski definition) is 0. The molecule has 2 heterocycles. The lowest BCUT2D eigenvalue weighted by molar-refractivity contribution is 1.44. The summed E-state index contributed by atoms with van der Waals surface area (Å²) in [6.45, 7) is 0. The van der Waals surface area contributed by atoms with E-state index < -0.39 is 0 Å². The minimum Gasteiger partial charge on any atom is -0.246 e. The quantitative estimate of drug-likeness (QED) is 0.208. The first-order chi connectivity index (χ1) is 21.3. The molecule has 0 fully saturated rings. The molecule has 0 saturated heterocycles. The number of rotatable bonds is 3. The Labute approximate surface area is 253 Å². The fourth-order valence-corrected chi connectivity index (χ4v) is 7.65. The second-order valence-corrected chi connectivity index (χ2v) is 12.2. The fourth-order valence-electron chi connectivity index (χ4n) is 6.42. The Hall–Kier alpha value is -5.31. The van der Waals surface area contributed by atoms with Crippen molar-refractivity contribution in [1.29, 1.82) is 0 Å². The van der Waals surface area contributed by atoms with Crippen molar-refractivity contribution in [2.75, 3.05) is 0 Å². The monoisotopic (exact) mass is 563 g/mol. The molecule has 9 rings (SSSR count). The first-order valence-electron chi connectivity index (χ1n) is 14.6. The van der Waals surface area contributed by atoms with E-state index in [-0.39, 0.29) is 0 Å². The summed E-state index contributed by atoms with van der Waals surface area (Å²) >= 11 is 1.84. The van der Waals surface area contributed by atoms with Gasteiger partial charge in [0, 0.05) is 26.4 Å². The maximum atomic E-state index is 5.17. The molecule has 0 radical (unpaired) electrons. The predicted octanol–water partition coefficient (Wildman–Crippen LogP) is 11.9. The van der Waals surface area contributed by atoms with Crippen LogP contribution in [0, 0.1) is 0 Å². The SMILES string of the molecule is c1ccc2cc(-c3ccc4cc(-c5ccc(-c6nc7ccccc7c7c6sc6ccccc67)cc5)ccc4c3)ccc2c1. The van der Waals surface area contributed by atoms with E-state index in [4.69, 9.17) is 4.98 Å². The average Bonchev–Trinajstić information content (AvgIpc) is 3.47. The molecule has 0 N–H and O–H groups in total. The van der Waals surface area contributed by atoms with Crippen molar-refractivity contribution in [2.24, 2.45) is 0 Å². The zero-order chi connectivity index (χ0) is 28.3. The number of benzene rings is 7. The molecule has 7 aromatic carbocycles. The van der Waals surface area contributed by atoms with Crippen LogP contribution in [0.3, 0.4) is 0 Å². The van der Waals surface area contributed by atoms with Crippen molar-refractivity contribution in [1.82, 2.24) is 4.98 Å². The first kappa shape index (κ1) is 24.3. The molecular formula is C41H25NS. The lowest BCUT2D eigenvalue weighted by atomic mass is 9.96. The van der Waals surface area contributed by atoms with E-state index in [2.05, 4.69) is 152 Å². The molecule has 2 heteroatoms. The van der Waals surface area contributed by atoms with Crippen LogP contribution < -0.4 is 0 Å². The Bertz CT molecular complexity index is 2500. The number of nitrogens with zero attached hydrogens (tertiary/aromatic N) is 1. The van der Waals surface area contributed by atoms with Gasteiger partial charge < -0.3 is 0 Å². The number of hydrogen-bond acceptors (Lipinski definition) is 2. The molecule has 0 aliphatic heterocycles. The van der Waals surface area contributed by atoms with E-state index >= 15 is 0 Å². The van der Waals surface area contributed by atoms with Crippen LogP contribution in [0.5, 0.6) is 0 Å². The van der Waals surface area contributed by atoms with Crippen molar-refractivity contribution in [3.05, 3.63) is 152 Å². The number of aromatic nitrogens is 1. The van der Waals surface area contributed by atoms with Crippen molar-refractivity contribution >= 4 is 64.0 Å². The Morgan fingerprint density at radius 1 is 0.395 bits per heavy atom. The van der Waals surface area contributed by atoms with Gasteiger partial charge in [-0.15, -0.1) is 11.3 Å². The van der Waals surface area contributed by atoms with Crippen LogP contribution in [0.4, 0.5) is 0 Å². The summed E-state index contributed by atoms with van der Waals surface area (Å²) in [7, 11) is 0. The summed E-state index contributed by atoms with van der Waals surface area (Å²) in [5, 5.41) is 8.86. The second kappa shape index (κ2) is 9.62. The minimum absolute atomic E-state index is 1.04. The predicted molar refractivity (Wildman–Crippen MR) is 186 cm³/mol. The highest BCUT2D eigenvalue weighted by Gasteiger charge is 2.16. The number of pyridine rings is 1. The van der Waals surface area contributed by atoms with Crippen LogP contribution in [0.1, 0.15) is 0 Å². The van der Waals surface area contributed by atoms with Gasteiger partial charge in [0.2, 0.25) is 0 Å². The van der Waals surface area contributed by atoms with Gasteiger partial charge in [-0.2, -0.15) is 0 Å². The van der Waals surface area contributed by atoms with Crippen molar-refractivity contribution < 1.29 is 0 Å². The van der Waals surface area contributed by atoms with Crippen LogP contribution in [0.15, 0.2) is 152 Å². The molecule has 0 atom stereocenters. The van der Waals surface area contributed by atoms with Crippen LogP contribution >= 0.6 is 11.3 Å². The molecule has 43 heavy (non-hydrogen) atoms. The van der Waals surface area contributed by atoms with Gasteiger partial charge in [0.25, 0.3) is 0 Å². The van der Waals surface area contributed by atoms with E-state index in [1.807, 2.05) is 11.3 Å². The largest absolute Gasteiger partial charge is 0.246 e. The van der Waals surface area contributed by atoms with E-state index in [0.29, 0.717) is 0 Å². The lowest BCUT2D eigenvalue weighted by Gasteiger charge is -2.10. The zero-order valence-corrected chi connectivity index (χ0v) is 24.1. The van der Waals surface area contributed by atoms with E-state index in [1.54, 1.807) is 0 Å². The molecule has 9 aromatic rings. The molecule has 0 aliphatic rings. The molecule has 0 amide bonds. The number of para-hydroxylation sites is 1. The summed E-state index contributed by atoms with van der Waals surface area (Å²) < 4.78 is 2.55. The van der Waals surface area contributed by atoms with Gasteiger partial charge in [-0.1, -0.05) is 121 Å². The Balaban J connectivity index is 1.09. The zero-order valence-electron chi connectivity index (χ0n) is 23.3. The molecule has 0 spiro atoms. The van der Waals surface area contributed by atoms with E-state index in [0.717, 1.165) is 16.8 Å². The Kier molecular flexibility index (Phi) is 5.44. The van der Waals surface area contributed by atoms with Crippen molar-refractivity contribution in [3.8, 4) is 33.5 Å². The second-order valence-electron chi connectivity index (χ2n) is 11.2. The summed E-state index contributed by atoms with van der Waals surface area (Å²) in [6.07, 6.45) is 0. The van der Waals surface area contributed by atoms with Crippen molar-refractivity contribution in [3.63, 3.8) is 0 Å². The maximum Gasteiger partial charge on any atom is 0.0888 e. The van der Waals surface area contributed by atoms with Gasteiger partial charge in [0.05, 0.1) is 15.9 Å². The van der Waals surface area contributed by atoms with Crippen LogP contribution in [-0.4, -0.2) is 4.98 Å². The average molecular weight is 564 g/mol. The van der Waals surface area contributed by atoms with Gasteiger partial charge in [0.1, 0.15) is 0 Å². The first-order valence-corrected chi connectivity index (χ1v) is 15.4. The molecule has 0 bridgehead atoms. The maximum absolute atomic E-state index is 5.17. The fraction of sp³-hybridized carbons (Fsp3) is 0. The topological polar surface area (TPSA) is 12.9 Å². The lowest BCUT2D eigenvalue weighted by Crippen LogP contribution is -1.88. The summed E-state index contributed by atoms with van der Waals surface area (Å²) in [5.41, 5.74) is 8.15. The smallest absolute Gasteiger partial charge is 0.0888 e. The molecular weight excluding hydrogens is 539 g/mol. The molecule has 0 aliphatic carbocycles. The molecule has 200 valence electrons. The van der Waals surface area contributed by atoms with Crippen LogP contribution in [0.2, 0.25) is 0 Å². The molecule has 1 nitrogen and oxygen atoms in total. The minimum atomic E-state index is 1.04. The molecule has 0 saturated carbocycles. The highest BCUT2D eigenvalue weighted by molar-refractivity contribution is 7.26.